The molecule has 1 atom stereocenters. The minimum Gasteiger partial charge on any atom is -0.488 e. The number of benzene rings is 3. The van der Waals surface area contributed by atoms with Gasteiger partial charge in [-0.1, -0.05) is 63.1 Å². The van der Waals surface area contributed by atoms with Crippen LogP contribution in [0.25, 0.3) is 21.5 Å². The minimum atomic E-state index is -0.991. The number of hydrogen-bond acceptors (Lipinski definition) is 4. The van der Waals surface area contributed by atoms with Crippen molar-refractivity contribution in [1.29, 1.82) is 0 Å². The van der Waals surface area contributed by atoms with Crippen molar-refractivity contribution in [2.45, 2.75) is 52.1 Å². The van der Waals surface area contributed by atoms with Crippen molar-refractivity contribution < 1.29 is 24.2 Å². The van der Waals surface area contributed by atoms with E-state index in [2.05, 4.69) is 13.5 Å². The molecule has 3 aromatic rings. The number of carboxylic acids is 1. The molecule has 32 heavy (non-hydrogen) atoms. The Hall–Kier alpha value is -3.34. The number of aromatic carboxylic acids is 1. The van der Waals surface area contributed by atoms with Gasteiger partial charge in [-0.15, -0.1) is 0 Å². The Morgan fingerprint density at radius 3 is 2.47 bits per heavy atom. The minimum absolute atomic E-state index is 0.186. The fourth-order valence-electron chi connectivity index (χ4n) is 3.71. The Bertz CT molecular complexity index is 1130. The maximum Gasteiger partial charge on any atom is 0.335 e. The Morgan fingerprint density at radius 1 is 1.00 bits per heavy atom. The summed E-state index contributed by atoms with van der Waals surface area (Å²) in [4.78, 5) is 23.7. The van der Waals surface area contributed by atoms with E-state index in [0.29, 0.717) is 17.7 Å². The molecule has 3 rings (SSSR count). The molecule has 5 nitrogen and oxygen atoms in total. The molecule has 0 bridgehead atoms. The highest BCUT2D eigenvalue weighted by molar-refractivity contribution is 6.07. The standard InChI is InChI=1S/C27H30O5/c1-4-5-6-7-11-22(32-27(30)18(2)3)17-31-25-23-12-9-8-10-19(23)15-20-13-14-21(26(28)29)16-24(20)25/h8-10,12-16,22H,2,4-7,11,17H2,1,3H3,(H,28,29). The van der Waals surface area contributed by atoms with E-state index in [1.165, 1.54) is 0 Å². The van der Waals surface area contributed by atoms with Crippen LogP contribution < -0.4 is 4.74 Å². The molecule has 168 valence electrons. The lowest BCUT2D eigenvalue weighted by atomic mass is 10.00. The monoisotopic (exact) mass is 434 g/mol. The van der Waals surface area contributed by atoms with Crippen LogP contribution in [0.4, 0.5) is 0 Å². The molecule has 5 heteroatoms. The summed E-state index contributed by atoms with van der Waals surface area (Å²) < 4.78 is 11.9. The summed E-state index contributed by atoms with van der Waals surface area (Å²) in [5.74, 6) is -0.814. The third-order valence-corrected chi connectivity index (χ3v) is 5.48. The number of hydrogen-bond donors (Lipinski definition) is 1. The van der Waals surface area contributed by atoms with Crippen molar-refractivity contribution in [2.75, 3.05) is 6.61 Å². The Balaban J connectivity index is 1.93. The van der Waals surface area contributed by atoms with Gasteiger partial charge in [-0.2, -0.15) is 0 Å². The number of ether oxygens (including phenoxy) is 2. The van der Waals surface area contributed by atoms with E-state index in [1.54, 1.807) is 25.1 Å². The quantitative estimate of drug-likeness (QED) is 0.161. The Morgan fingerprint density at radius 2 is 1.75 bits per heavy atom. The smallest absolute Gasteiger partial charge is 0.335 e. The summed E-state index contributed by atoms with van der Waals surface area (Å²) in [6, 6.07) is 14.9. The zero-order chi connectivity index (χ0) is 23.1. The molecule has 3 aromatic carbocycles. The van der Waals surface area contributed by atoms with Crippen LogP contribution in [-0.2, 0) is 9.53 Å². The van der Waals surface area contributed by atoms with Gasteiger partial charge >= 0.3 is 11.9 Å². The van der Waals surface area contributed by atoms with Crippen molar-refractivity contribution in [3.05, 3.63) is 66.2 Å². The Labute approximate surface area is 188 Å². The molecule has 0 saturated carbocycles. The van der Waals surface area contributed by atoms with Crippen molar-refractivity contribution in [3.8, 4) is 5.75 Å². The van der Waals surface area contributed by atoms with Gasteiger partial charge in [0.05, 0.1) is 5.56 Å². The summed E-state index contributed by atoms with van der Waals surface area (Å²) in [5.41, 5.74) is 0.549. The van der Waals surface area contributed by atoms with Gasteiger partial charge in [0.15, 0.2) is 0 Å². The predicted octanol–water partition coefficient (Wildman–Crippen LogP) is 6.53. The summed E-state index contributed by atoms with van der Waals surface area (Å²) in [6.45, 7) is 7.64. The first-order valence-corrected chi connectivity index (χ1v) is 11.1. The lowest BCUT2D eigenvalue weighted by Crippen LogP contribution is -2.25. The summed E-state index contributed by atoms with van der Waals surface area (Å²) >= 11 is 0. The average molecular weight is 435 g/mol. The maximum atomic E-state index is 12.2. The van der Waals surface area contributed by atoms with Gasteiger partial charge in [0, 0.05) is 16.3 Å². The summed E-state index contributed by atoms with van der Waals surface area (Å²) in [6.07, 6.45) is 4.55. The SMILES string of the molecule is C=C(C)C(=O)OC(CCCCCC)COc1c2ccccc2cc2ccc(C(=O)O)cc12. The molecule has 1 unspecified atom stereocenters. The fourth-order valence-corrected chi connectivity index (χ4v) is 3.71. The van der Waals surface area contributed by atoms with E-state index in [4.69, 9.17) is 9.47 Å². The number of fused-ring (bicyclic) bond motifs is 2. The third kappa shape index (κ3) is 5.67. The van der Waals surface area contributed by atoms with Crippen LogP contribution in [0.5, 0.6) is 5.75 Å². The highest BCUT2D eigenvalue weighted by Crippen LogP contribution is 2.36. The zero-order valence-electron chi connectivity index (χ0n) is 18.7. The first-order chi connectivity index (χ1) is 15.4. The Kier molecular flexibility index (Phi) is 7.87. The van der Waals surface area contributed by atoms with Crippen molar-refractivity contribution >= 4 is 33.5 Å². The second kappa shape index (κ2) is 10.8. The molecular weight excluding hydrogens is 404 g/mol. The summed E-state index contributed by atoms with van der Waals surface area (Å²) in [7, 11) is 0. The van der Waals surface area contributed by atoms with Crippen molar-refractivity contribution in [3.63, 3.8) is 0 Å². The van der Waals surface area contributed by atoms with E-state index in [-0.39, 0.29) is 12.2 Å². The average Bonchev–Trinajstić information content (AvgIpc) is 2.78. The number of rotatable bonds is 11. The van der Waals surface area contributed by atoms with Crippen LogP contribution in [-0.4, -0.2) is 29.8 Å². The highest BCUT2D eigenvalue weighted by Gasteiger charge is 2.18. The second-order valence-electron chi connectivity index (χ2n) is 8.14. The predicted molar refractivity (Wildman–Crippen MR) is 127 cm³/mol. The van der Waals surface area contributed by atoms with Crippen LogP contribution in [0.15, 0.2) is 60.7 Å². The van der Waals surface area contributed by atoms with E-state index in [1.807, 2.05) is 30.3 Å². The van der Waals surface area contributed by atoms with Crippen LogP contribution in [0.2, 0.25) is 0 Å². The first kappa shape index (κ1) is 23.3. The van der Waals surface area contributed by atoms with Crippen LogP contribution in [0.1, 0.15) is 56.3 Å². The molecule has 0 aliphatic carbocycles. The number of unbranched alkanes of at least 4 members (excludes halogenated alkanes) is 3. The van der Waals surface area contributed by atoms with Crippen LogP contribution >= 0.6 is 0 Å². The zero-order valence-corrected chi connectivity index (χ0v) is 18.7. The largest absolute Gasteiger partial charge is 0.488 e. The molecular formula is C27H30O5. The first-order valence-electron chi connectivity index (χ1n) is 11.1. The number of carboxylic acid groups (broad SMARTS) is 1. The van der Waals surface area contributed by atoms with Crippen LogP contribution in [0.3, 0.4) is 0 Å². The molecule has 0 spiro atoms. The molecule has 0 radical (unpaired) electrons. The molecule has 0 aliphatic rings. The van der Waals surface area contributed by atoms with Crippen molar-refractivity contribution in [1.82, 2.24) is 0 Å². The molecule has 0 saturated heterocycles. The van der Waals surface area contributed by atoms with E-state index >= 15 is 0 Å². The van der Waals surface area contributed by atoms with E-state index in [0.717, 1.165) is 47.2 Å². The van der Waals surface area contributed by atoms with Gasteiger partial charge < -0.3 is 14.6 Å². The van der Waals surface area contributed by atoms with Crippen LogP contribution in [0, 0.1) is 0 Å². The molecule has 0 heterocycles. The third-order valence-electron chi connectivity index (χ3n) is 5.48. The fraction of sp³-hybridized carbons (Fsp3) is 0.333. The lowest BCUT2D eigenvalue weighted by Gasteiger charge is -2.20. The van der Waals surface area contributed by atoms with Gasteiger partial charge in [-0.3, -0.25) is 0 Å². The molecule has 0 aliphatic heterocycles. The molecule has 0 amide bonds. The van der Waals surface area contributed by atoms with Gasteiger partial charge in [-0.05, 0) is 48.7 Å². The molecule has 0 fully saturated rings. The number of carbonyl (C=O) groups is 2. The molecule has 0 aromatic heterocycles. The normalized spacial score (nSPS) is 11.9. The van der Waals surface area contributed by atoms with E-state index in [9.17, 15) is 14.7 Å². The van der Waals surface area contributed by atoms with Gasteiger partial charge in [0.25, 0.3) is 0 Å². The second-order valence-corrected chi connectivity index (χ2v) is 8.14. The number of esters is 1. The van der Waals surface area contributed by atoms with Gasteiger partial charge in [0.1, 0.15) is 18.5 Å². The maximum absolute atomic E-state index is 12.2. The number of carbonyl (C=O) groups excluding carboxylic acids is 1. The van der Waals surface area contributed by atoms with Gasteiger partial charge in [0.2, 0.25) is 0 Å². The van der Waals surface area contributed by atoms with E-state index < -0.39 is 18.0 Å². The topological polar surface area (TPSA) is 72.8 Å². The lowest BCUT2D eigenvalue weighted by molar-refractivity contribution is -0.146. The van der Waals surface area contributed by atoms with Crippen molar-refractivity contribution in [2.24, 2.45) is 0 Å². The highest BCUT2D eigenvalue weighted by atomic mass is 16.6. The summed E-state index contributed by atoms with van der Waals surface area (Å²) in [5, 5.41) is 12.9. The molecule has 1 N–H and O–H groups in total. The van der Waals surface area contributed by atoms with Gasteiger partial charge in [-0.25, -0.2) is 9.59 Å².